The van der Waals surface area contributed by atoms with Crippen molar-refractivity contribution in [2.24, 2.45) is 0 Å². The molecule has 0 aliphatic carbocycles. The molecule has 31 heavy (non-hydrogen) atoms. The van der Waals surface area contributed by atoms with Crippen LogP contribution in [0.4, 0.5) is 5.69 Å². The van der Waals surface area contributed by atoms with Crippen LogP contribution in [0.1, 0.15) is 17.1 Å². The summed E-state index contributed by atoms with van der Waals surface area (Å²) in [5.74, 6) is 1.96. The van der Waals surface area contributed by atoms with Gasteiger partial charge in [0.25, 0.3) is 5.91 Å². The third kappa shape index (κ3) is 4.28. The summed E-state index contributed by atoms with van der Waals surface area (Å²) in [5.41, 5.74) is 1.81. The van der Waals surface area contributed by atoms with E-state index in [0.29, 0.717) is 39.4 Å². The van der Waals surface area contributed by atoms with Crippen molar-refractivity contribution in [2.45, 2.75) is 13.5 Å². The second kappa shape index (κ2) is 8.83. The van der Waals surface area contributed by atoms with Gasteiger partial charge in [0.1, 0.15) is 35.3 Å². The van der Waals surface area contributed by atoms with E-state index in [1.54, 1.807) is 43.5 Å². The number of thiocarbonyl (C=S) groups is 1. The molecule has 0 atom stereocenters. The van der Waals surface area contributed by atoms with E-state index in [-0.39, 0.29) is 17.6 Å². The lowest BCUT2D eigenvalue weighted by Crippen LogP contribution is -2.30. The van der Waals surface area contributed by atoms with Gasteiger partial charge < -0.3 is 19.2 Å². The Balaban J connectivity index is 1.50. The van der Waals surface area contributed by atoms with Crippen molar-refractivity contribution < 1.29 is 18.7 Å². The van der Waals surface area contributed by atoms with Crippen molar-refractivity contribution in [3.63, 3.8) is 0 Å². The van der Waals surface area contributed by atoms with Gasteiger partial charge >= 0.3 is 0 Å². The van der Waals surface area contributed by atoms with Gasteiger partial charge in [-0.1, -0.05) is 35.9 Å². The van der Waals surface area contributed by atoms with E-state index in [1.807, 2.05) is 31.2 Å². The van der Waals surface area contributed by atoms with E-state index >= 15 is 0 Å². The number of rotatable bonds is 6. The molecule has 1 N–H and O–H groups in total. The maximum absolute atomic E-state index is 13.0. The number of hydrogen-bond acceptors (Lipinski definition) is 5. The molecule has 1 aliphatic heterocycles. The standard InChI is InChI=1S/C23H19ClN2O4S/c1-14-6-5-7-17(24)21(14)29-13-16-11-10-15(30-16)12-18-22(27)26(23(31)25-18)19-8-3-4-9-20(19)28-2/h3-12H,13H2,1-2H3,(H,25,31)/b18-12+. The lowest BCUT2D eigenvalue weighted by Gasteiger charge is -2.17. The van der Waals surface area contributed by atoms with Crippen LogP contribution in [-0.2, 0) is 11.4 Å². The number of benzene rings is 2. The predicted octanol–water partition coefficient (Wildman–Crippen LogP) is 5.09. The molecule has 3 aromatic rings. The van der Waals surface area contributed by atoms with Crippen molar-refractivity contribution in [3.05, 3.63) is 82.4 Å². The highest BCUT2D eigenvalue weighted by molar-refractivity contribution is 7.80. The SMILES string of the molecule is COc1ccccc1N1C(=O)/C(=C\c2ccc(COc3c(C)cccc3Cl)o2)NC1=S. The number of nitrogens with one attached hydrogen (secondary N) is 1. The summed E-state index contributed by atoms with van der Waals surface area (Å²) in [7, 11) is 1.54. The first-order valence-electron chi connectivity index (χ1n) is 9.44. The lowest BCUT2D eigenvalue weighted by molar-refractivity contribution is -0.113. The van der Waals surface area contributed by atoms with Gasteiger partial charge in [-0.2, -0.15) is 0 Å². The Kier molecular flexibility index (Phi) is 5.97. The smallest absolute Gasteiger partial charge is 0.281 e. The van der Waals surface area contributed by atoms with Gasteiger partial charge in [-0.15, -0.1) is 0 Å². The molecule has 1 aromatic heterocycles. The molecule has 1 aliphatic rings. The van der Waals surface area contributed by atoms with Crippen molar-refractivity contribution in [2.75, 3.05) is 12.0 Å². The average molecular weight is 455 g/mol. The molecule has 6 nitrogen and oxygen atoms in total. The van der Waals surface area contributed by atoms with Gasteiger partial charge in [-0.3, -0.25) is 4.79 Å². The predicted molar refractivity (Wildman–Crippen MR) is 123 cm³/mol. The Morgan fingerprint density at radius 3 is 2.74 bits per heavy atom. The molecule has 1 fully saturated rings. The monoisotopic (exact) mass is 454 g/mol. The van der Waals surface area contributed by atoms with Crippen molar-refractivity contribution in [3.8, 4) is 11.5 Å². The molecule has 1 amide bonds. The molecule has 0 radical (unpaired) electrons. The summed E-state index contributed by atoms with van der Waals surface area (Å²) in [6, 6.07) is 16.3. The zero-order valence-corrected chi connectivity index (χ0v) is 18.4. The van der Waals surface area contributed by atoms with Gasteiger partial charge in [0.2, 0.25) is 0 Å². The number of para-hydroxylation sites is 3. The molecule has 2 aromatic carbocycles. The molecular weight excluding hydrogens is 436 g/mol. The molecule has 1 saturated heterocycles. The van der Waals surface area contributed by atoms with Gasteiger partial charge in [0, 0.05) is 6.08 Å². The number of furan rings is 1. The second-order valence-electron chi connectivity index (χ2n) is 6.78. The Hall–Kier alpha value is -3.29. The maximum Gasteiger partial charge on any atom is 0.281 e. The van der Waals surface area contributed by atoms with Crippen LogP contribution in [0, 0.1) is 6.92 Å². The van der Waals surface area contributed by atoms with Crippen LogP contribution in [0.5, 0.6) is 11.5 Å². The minimum absolute atomic E-state index is 0.209. The molecule has 0 saturated carbocycles. The molecule has 0 unspecified atom stereocenters. The van der Waals surface area contributed by atoms with E-state index in [2.05, 4.69) is 5.32 Å². The third-order valence-corrected chi connectivity index (χ3v) is 5.28. The number of aryl methyl sites for hydroxylation is 1. The van der Waals surface area contributed by atoms with Gasteiger partial charge in [-0.25, -0.2) is 4.90 Å². The quantitative estimate of drug-likeness (QED) is 0.413. The summed E-state index contributed by atoms with van der Waals surface area (Å²) in [5, 5.41) is 3.75. The van der Waals surface area contributed by atoms with E-state index in [1.165, 1.54) is 4.90 Å². The number of anilines is 1. The highest BCUT2D eigenvalue weighted by Crippen LogP contribution is 2.32. The van der Waals surface area contributed by atoms with Crippen LogP contribution >= 0.6 is 23.8 Å². The van der Waals surface area contributed by atoms with Gasteiger partial charge in [0.15, 0.2) is 5.11 Å². The largest absolute Gasteiger partial charge is 0.495 e. The third-order valence-electron chi connectivity index (χ3n) is 4.70. The molecule has 0 bridgehead atoms. The van der Waals surface area contributed by atoms with Crippen molar-refractivity contribution >= 4 is 46.6 Å². The number of carbonyl (C=O) groups excluding carboxylic acids is 1. The number of ether oxygens (including phenoxy) is 2. The molecule has 4 rings (SSSR count). The Bertz CT molecular complexity index is 1170. The molecule has 158 valence electrons. The summed E-state index contributed by atoms with van der Waals surface area (Å²) >= 11 is 11.6. The highest BCUT2D eigenvalue weighted by atomic mass is 35.5. The van der Waals surface area contributed by atoms with E-state index in [0.717, 1.165) is 5.56 Å². The highest BCUT2D eigenvalue weighted by Gasteiger charge is 2.33. The molecule has 0 spiro atoms. The summed E-state index contributed by atoms with van der Waals surface area (Å²) in [4.78, 5) is 14.3. The fourth-order valence-corrected chi connectivity index (χ4v) is 3.77. The van der Waals surface area contributed by atoms with E-state index in [9.17, 15) is 4.79 Å². The van der Waals surface area contributed by atoms with Crippen LogP contribution in [0.3, 0.4) is 0 Å². The van der Waals surface area contributed by atoms with Crippen molar-refractivity contribution in [1.29, 1.82) is 0 Å². The minimum atomic E-state index is -0.296. The Labute approximate surface area is 190 Å². The van der Waals surface area contributed by atoms with E-state index < -0.39 is 0 Å². The summed E-state index contributed by atoms with van der Waals surface area (Å²) in [6.45, 7) is 2.13. The number of carbonyl (C=O) groups is 1. The Morgan fingerprint density at radius 1 is 1.16 bits per heavy atom. The zero-order chi connectivity index (χ0) is 22.0. The molecule has 8 heteroatoms. The topological polar surface area (TPSA) is 63.9 Å². The van der Waals surface area contributed by atoms with Crippen LogP contribution in [-0.4, -0.2) is 18.1 Å². The van der Waals surface area contributed by atoms with Crippen molar-refractivity contribution in [1.82, 2.24) is 5.32 Å². The first-order chi connectivity index (χ1) is 15.0. The van der Waals surface area contributed by atoms with Crippen LogP contribution < -0.4 is 19.7 Å². The second-order valence-corrected chi connectivity index (χ2v) is 7.57. The average Bonchev–Trinajstić information content (AvgIpc) is 3.31. The number of nitrogens with zero attached hydrogens (tertiary/aromatic N) is 1. The normalized spacial score (nSPS) is 14.8. The number of hydrogen-bond donors (Lipinski definition) is 1. The first-order valence-corrected chi connectivity index (χ1v) is 10.2. The fourth-order valence-electron chi connectivity index (χ4n) is 3.20. The first kappa shape index (κ1) is 21.0. The lowest BCUT2D eigenvalue weighted by atomic mass is 10.2. The van der Waals surface area contributed by atoms with Crippen LogP contribution in [0.15, 0.2) is 64.7 Å². The maximum atomic E-state index is 13.0. The van der Waals surface area contributed by atoms with E-state index in [4.69, 9.17) is 37.7 Å². The zero-order valence-electron chi connectivity index (χ0n) is 16.8. The Morgan fingerprint density at radius 2 is 1.97 bits per heavy atom. The fraction of sp³-hybridized carbons (Fsp3) is 0.130. The van der Waals surface area contributed by atoms with Gasteiger partial charge in [-0.05, 0) is 55.0 Å². The number of amides is 1. The number of methoxy groups -OCH3 is 1. The summed E-state index contributed by atoms with van der Waals surface area (Å²) in [6.07, 6.45) is 1.61. The number of halogens is 1. The van der Waals surface area contributed by atoms with Crippen LogP contribution in [0.25, 0.3) is 6.08 Å². The van der Waals surface area contributed by atoms with Gasteiger partial charge in [0.05, 0.1) is 17.8 Å². The molecule has 2 heterocycles. The molecular formula is C23H19ClN2O4S. The minimum Gasteiger partial charge on any atom is -0.495 e. The van der Waals surface area contributed by atoms with Crippen LogP contribution in [0.2, 0.25) is 5.02 Å². The summed E-state index contributed by atoms with van der Waals surface area (Å²) < 4.78 is 16.9.